The maximum atomic E-state index is 14.2. The molecule has 9 nitrogen and oxygen atoms in total. The van der Waals surface area contributed by atoms with E-state index in [1.54, 1.807) is 0 Å². The first-order chi connectivity index (χ1) is 25.5. The number of halogens is 1. The number of hydrogen-bond acceptors (Lipinski definition) is 7. The van der Waals surface area contributed by atoms with Crippen molar-refractivity contribution in [2.75, 3.05) is 63.9 Å². The second-order valence-corrected chi connectivity index (χ2v) is 19.1. The normalized spacial score (nSPS) is 35.6. The number of fused-ring (bicyclic) bond motifs is 1. The van der Waals surface area contributed by atoms with Gasteiger partial charge in [0.1, 0.15) is 6.17 Å². The van der Waals surface area contributed by atoms with Crippen LogP contribution in [0.1, 0.15) is 122 Å². The molecular formula is C43H70FN5O4. The number of H-pyrrole nitrogens is 1. The van der Waals surface area contributed by atoms with Gasteiger partial charge in [-0.25, -0.2) is 4.39 Å². The molecule has 7 rings (SSSR count). The van der Waals surface area contributed by atoms with E-state index in [4.69, 9.17) is 9.47 Å². The third-order valence-electron chi connectivity index (χ3n) is 14.1. The minimum Gasteiger partial charge on any atom is -0.375 e. The molecule has 3 saturated carbocycles. The summed E-state index contributed by atoms with van der Waals surface area (Å²) in [5.41, 5.74) is 2.00. The van der Waals surface area contributed by atoms with Gasteiger partial charge >= 0.3 is 0 Å². The molecule has 5 fully saturated rings. The maximum Gasteiger partial charge on any atom is 0.251 e. The van der Waals surface area contributed by atoms with E-state index >= 15 is 0 Å². The highest BCUT2D eigenvalue weighted by Crippen LogP contribution is 2.40. The molecule has 3 aliphatic heterocycles. The number of aromatic nitrogens is 1. The van der Waals surface area contributed by atoms with E-state index in [2.05, 4.69) is 47.8 Å². The fourth-order valence-corrected chi connectivity index (χ4v) is 10.7. The van der Waals surface area contributed by atoms with Gasteiger partial charge in [-0.3, -0.25) is 19.4 Å². The number of alkyl halides is 1. The second-order valence-electron chi connectivity index (χ2n) is 19.1. The number of morpholine rings is 1. The van der Waals surface area contributed by atoms with Crippen molar-refractivity contribution < 1.29 is 18.7 Å². The molecule has 298 valence electrons. The van der Waals surface area contributed by atoms with Crippen molar-refractivity contribution in [1.82, 2.24) is 20.1 Å². The molecule has 3 atom stereocenters. The van der Waals surface area contributed by atoms with Gasteiger partial charge in [-0.1, -0.05) is 46.5 Å². The standard InChI is InChI=1S/C43H70FN5O4/c1-29-5-7-31(8-6-29)19-32-11-15-37(16-12-32)53-27-38-25-47(17-18-52-38)24-36-22-45-30(2)23-48(36)26-40(50)49-28-43(3,4)41-39(49)21-34(42(51)46-41)20-33-9-13-35(44)14-10-33/h21,29-33,35-38,45H,5-20,22-28H2,1-4H3,(H,46,51)/t29?,30-,31?,32?,33?,35?,36?,37?,38+/m1/s1. The fraction of sp³-hybridized carbons (Fsp3) is 0.860. The van der Waals surface area contributed by atoms with Crippen LogP contribution in [0.2, 0.25) is 0 Å². The molecular weight excluding hydrogens is 670 g/mol. The molecule has 1 aromatic heterocycles. The highest BCUT2D eigenvalue weighted by Gasteiger charge is 2.41. The zero-order valence-electron chi connectivity index (χ0n) is 33.4. The summed E-state index contributed by atoms with van der Waals surface area (Å²) < 4.78 is 26.5. The third kappa shape index (κ3) is 10.1. The Morgan fingerprint density at radius 1 is 0.962 bits per heavy atom. The van der Waals surface area contributed by atoms with Crippen LogP contribution in [0.15, 0.2) is 10.9 Å². The van der Waals surface area contributed by atoms with Crippen LogP contribution in [0.4, 0.5) is 10.1 Å². The molecule has 0 spiro atoms. The average molecular weight is 740 g/mol. The summed E-state index contributed by atoms with van der Waals surface area (Å²) in [5.74, 6) is 3.18. The van der Waals surface area contributed by atoms with Crippen LogP contribution in [-0.4, -0.2) is 110 Å². The number of piperazine rings is 1. The van der Waals surface area contributed by atoms with Gasteiger partial charge in [-0.05, 0) is 101 Å². The van der Waals surface area contributed by atoms with Crippen LogP contribution < -0.4 is 15.8 Å². The van der Waals surface area contributed by atoms with Crippen LogP contribution in [0.3, 0.4) is 0 Å². The minimum atomic E-state index is -0.715. The Balaban J connectivity index is 0.908. The van der Waals surface area contributed by atoms with Crippen LogP contribution in [0.5, 0.6) is 0 Å². The van der Waals surface area contributed by atoms with Crippen molar-refractivity contribution in [2.24, 2.45) is 23.7 Å². The Bertz CT molecular complexity index is 1410. The molecule has 0 aromatic carbocycles. The molecule has 6 aliphatic rings. The lowest BCUT2D eigenvalue weighted by Crippen LogP contribution is -2.61. The number of aromatic amines is 1. The van der Waals surface area contributed by atoms with E-state index in [0.29, 0.717) is 63.6 Å². The van der Waals surface area contributed by atoms with Crippen molar-refractivity contribution in [2.45, 2.75) is 153 Å². The van der Waals surface area contributed by atoms with Crippen LogP contribution in [0, 0.1) is 23.7 Å². The van der Waals surface area contributed by atoms with E-state index in [0.717, 1.165) is 80.3 Å². The quantitative estimate of drug-likeness (QED) is 0.279. The molecule has 53 heavy (non-hydrogen) atoms. The maximum absolute atomic E-state index is 14.2. The number of carbonyl (C=O) groups excluding carboxylic acids is 1. The van der Waals surface area contributed by atoms with Gasteiger partial charge < -0.3 is 24.7 Å². The van der Waals surface area contributed by atoms with Gasteiger partial charge in [0.15, 0.2) is 0 Å². The van der Waals surface area contributed by atoms with Crippen molar-refractivity contribution in [3.05, 3.63) is 27.7 Å². The van der Waals surface area contributed by atoms with Crippen molar-refractivity contribution in [3.63, 3.8) is 0 Å². The summed E-state index contributed by atoms with van der Waals surface area (Å²) in [6.07, 6.45) is 15.4. The molecule has 1 aromatic rings. The molecule has 3 aliphatic carbocycles. The number of nitrogens with zero attached hydrogens (tertiary/aromatic N) is 3. The first kappa shape index (κ1) is 39.4. The molecule has 1 unspecified atom stereocenters. The van der Waals surface area contributed by atoms with E-state index in [1.807, 2.05) is 11.0 Å². The molecule has 4 heterocycles. The predicted molar refractivity (Wildman–Crippen MR) is 209 cm³/mol. The molecule has 0 radical (unpaired) electrons. The highest BCUT2D eigenvalue weighted by molar-refractivity contribution is 5.97. The van der Waals surface area contributed by atoms with Crippen molar-refractivity contribution >= 4 is 11.6 Å². The summed E-state index contributed by atoms with van der Waals surface area (Å²) in [6, 6.07) is 2.49. The Hall–Kier alpha value is -1.85. The Labute approximate surface area is 318 Å². The minimum absolute atomic E-state index is 0.0642. The van der Waals surface area contributed by atoms with Crippen molar-refractivity contribution in [1.29, 1.82) is 0 Å². The van der Waals surface area contributed by atoms with Crippen LogP contribution in [-0.2, 0) is 26.1 Å². The van der Waals surface area contributed by atoms with Gasteiger partial charge in [-0.15, -0.1) is 0 Å². The monoisotopic (exact) mass is 740 g/mol. The number of carbonyl (C=O) groups is 1. The average Bonchev–Trinajstić information content (AvgIpc) is 3.40. The number of ether oxygens (including phenoxy) is 2. The van der Waals surface area contributed by atoms with Gasteiger partial charge in [-0.2, -0.15) is 0 Å². The van der Waals surface area contributed by atoms with Gasteiger partial charge in [0, 0.05) is 68.0 Å². The number of anilines is 1. The number of hydrogen-bond donors (Lipinski definition) is 2. The number of amides is 1. The SMILES string of the molecule is CC1CCC(CC2CCC(OC[C@@H]3CN(CC4CN[C@H](C)CN4CC(=O)N4CC(C)(C)c5[nH]c(=O)c(CC6CCC(F)CC6)cc54)CCO3)CC2)CC1. The number of rotatable bonds is 11. The Kier molecular flexibility index (Phi) is 13.0. The highest BCUT2D eigenvalue weighted by atomic mass is 19.1. The first-order valence-corrected chi connectivity index (χ1v) is 21.6. The fourth-order valence-electron chi connectivity index (χ4n) is 10.7. The molecule has 2 saturated heterocycles. The Morgan fingerprint density at radius 3 is 2.40 bits per heavy atom. The zero-order chi connectivity index (χ0) is 37.1. The smallest absolute Gasteiger partial charge is 0.251 e. The van der Waals surface area contributed by atoms with E-state index < -0.39 is 6.17 Å². The van der Waals surface area contributed by atoms with Gasteiger partial charge in [0.05, 0.1) is 37.7 Å². The van der Waals surface area contributed by atoms with Gasteiger partial charge in [0.2, 0.25) is 5.91 Å². The Morgan fingerprint density at radius 2 is 1.66 bits per heavy atom. The largest absolute Gasteiger partial charge is 0.375 e. The van der Waals surface area contributed by atoms with E-state index in [-0.39, 0.29) is 29.0 Å². The number of pyridine rings is 1. The van der Waals surface area contributed by atoms with E-state index in [9.17, 15) is 14.0 Å². The first-order valence-electron chi connectivity index (χ1n) is 21.6. The molecule has 2 N–H and O–H groups in total. The van der Waals surface area contributed by atoms with Crippen LogP contribution >= 0.6 is 0 Å². The van der Waals surface area contributed by atoms with Gasteiger partial charge in [0.25, 0.3) is 5.56 Å². The number of nitrogens with one attached hydrogen (secondary N) is 2. The summed E-state index contributed by atoms with van der Waals surface area (Å²) in [6.45, 7) is 15.4. The van der Waals surface area contributed by atoms with Crippen LogP contribution in [0.25, 0.3) is 0 Å². The third-order valence-corrected chi connectivity index (χ3v) is 14.1. The summed E-state index contributed by atoms with van der Waals surface area (Å²) in [7, 11) is 0. The summed E-state index contributed by atoms with van der Waals surface area (Å²) in [5, 5.41) is 3.68. The zero-order valence-corrected chi connectivity index (χ0v) is 33.4. The molecule has 0 bridgehead atoms. The predicted octanol–water partition coefficient (Wildman–Crippen LogP) is 6.22. The summed E-state index contributed by atoms with van der Waals surface area (Å²) >= 11 is 0. The second kappa shape index (κ2) is 17.5. The lowest BCUT2D eigenvalue weighted by Gasteiger charge is -2.43. The molecule has 10 heteroatoms. The molecule has 1 amide bonds. The van der Waals surface area contributed by atoms with E-state index in [1.165, 1.54) is 57.8 Å². The lowest BCUT2D eigenvalue weighted by molar-refractivity contribution is -0.121. The topological polar surface area (TPSA) is 90.1 Å². The van der Waals surface area contributed by atoms with Crippen molar-refractivity contribution in [3.8, 4) is 0 Å². The summed E-state index contributed by atoms with van der Waals surface area (Å²) in [4.78, 5) is 37.4. The lowest BCUT2D eigenvalue weighted by atomic mass is 9.75.